The molecule has 0 unspecified atom stereocenters. The van der Waals surface area contributed by atoms with Crippen LogP contribution in [-0.4, -0.2) is 31.2 Å². The number of H-pyrrole nitrogens is 1. The van der Waals surface area contributed by atoms with E-state index in [1.165, 1.54) is 30.0 Å². The van der Waals surface area contributed by atoms with E-state index in [-0.39, 0.29) is 23.0 Å². The molecule has 2 heterocycles. The molecule has 2 N–H and O–H groups in total. The molecular weight excluding hydrogens is 333 g/mol. The normalized spacial score (nSPS) is 10.9. The lowest BCUT2D eigenvalue weighted by atomic mass is 10.2. The highest BCUT2D eigenvalue weighted by atomic mass is 32.2. The van der Waals surface area contributed by atoms with Crippen LogP contribution in [0.3, 0.4) is 0 Å². The molecule has 0 bridgehead atoms. The van der Waals surface area contributed by atoms with Crippen molar-refractivity contribution in [1.82, 2.24) is 24.9 Å². The summed E-state index contributed by atoms with van der Waals surface area (Å²) in [6.45, 7) is 2.09. The SMILES string of the molecule is Cc1cc(=O)[nH]c2nnc(SCC(=O)NCc3ccc(F)cc3)n12. The zero-order valence-electron chi connectivity index (χ0n) is 12.7. The Balaban J connectivity index is 1.60. The van der Waals surface area contributed by atoms with Gasteiger partial charge in [-0.25, -0.2) is 4.39 Å². The number of thioether (sulfide) groups is 1. The molecule has 0 aliphatic heterocycles. The molecule has 2 aromatic heterocycles. The first-order valence-electron chi connectivity index (χ1n) is 7.12. The van der Waals surface area contributed by atoms with Crippen LogP contribution in [0.25, 0.3) is 5.78 Å². The number of aryl methyl sites for hydroxylation is 1. The van der Waals surface area contributed by atoms with Gasteiger partial charge in [-0.3, -0.25) is 19.0 Å². The molecule has 24 heavy (non-hydrogen) atoms. The number of hydrogen-bond acceptors (Lipinski definition) is 5. The topological polar surface area (TPSA) is 92.2 Å². The number of aromatic amines is 1. The van der Waals surface area contributed by atoms with Gasteiger partial charge >= 0.3 is 0 Å². The third-order valence-corrected chi connectivity index (χ3v) is 4.23. The minimum absolute atomic E-state index is 0.153. The van der Waals surface area contributed by atoms with Gasteiger partial charge in [-0.05, 0) is 24.6 Å². The maximum atomic E-state index is 12.8. The molecule has 1 aromatic carbocycles. The number of carbonyl (C=O) groups is 1. The molecular formula is C15H14FN5O2S. The number of nitrogens with one attached hydrogen (secondary N) is 2. The highest BCUT2D eigenvalue weighted by molar-refractivity contribution is 7.99. The first-order valence-corrected chi connectivity index (χ1v) is 8.10. The molecule has 0 aliphatic rings. The summed E-state index contributed by atoms with van der Waals surface area (Å²) in [6.07, 6.45) is 0. The summed E-state index contributed by atoms with van der Waals surface area (Å²) >= 11 is 1.22. The van der Waals surface area contributed by atoms with Crippen LogP contribution in [0.2, 0.25) is 0 Å². The van der Waals surface area contributed by atoms with E-state index < -0.39 is 0 Å². The summed E-state index contributed by atoms with van der Waals surface area (Å²) in [7, 11) is 0. The van der Waals surface area contributed by atoms with Crippen molar-refractivity contribution in [2.45, 2.75) is 18.6 Å². The molecule has 7 nitrogen and oxygen atoms in total. The van der Waals surface area contributed by atoms with Gasteiger partial charge in [-0.2, -0.15) is 0 Å². The summed E-state index contributed by atoms with van der Waals surface area (Å²) in [5.41, 5.74) is 1.25. The molecule has 9 heteroatoms. The lowest BCUT2D eigenvalue weighted by Gasteiger charge is -2.05. The van der Waals surface area contributed by atoms with Gasteiger partial charge in [-0.1, -0.05) is 23.9 Å². The van der Waals surface area contributed by atoms with Crippen molar-refractivity contribution in [2.75, 3.05) is 5.75 Å². The smallest absolute Gasteiger partial charge is 0.252 e. The molecule has 0 saturated heterocycles. The van der Waals surface area contributed by atoms with Crippen LogP contribution in [0.15, 0.2) is 40.3 Å². The Morgan fingerprint density at radius 2 is 2.08 bits per heavy atom. The second-order valence-corrected chi connectivity index (χ2v) is 6.05. The number of hydrogen-bond donors (Lipinski definition) is 2. The van der Waals surface area contributed by atoms with E-state index in [0.717, 1.165) is 5.56 Å². The summed E-state index contributed by atoms with van der Waals surface area (Å²) in [5.74, 6) is 0.00527. The van der Waals surface area contributed by atoms with Crippen LogP contribution >= 0.6 is 11.8 Å². The zero-order valence-corrected chi connectivity index (χ0v) is 13.6. The van der Waals surface area contributed by atoms with Gasteiger partial charge in [0.2, 0.25) is 11.7 Å². The van der Waals surface area contributed by atoms with Gasteiger partial charge < -0.3 is 5.32 Å². The predicted molar refractivity (Wildman–Crippen MR) is 87.3 cm³/mol. The highest BCUT2D eigenvalue weighted by Crippen LogP contribution is 2.16. The lowest BCUT2D eigenvalue weighted by molar-refractivity contribution is -0.118. The van der Waals surface area contributed by atoms with Crippen LogP contribution in [0.5, 0.6) is 0 Å². The van der Waals surface area contributed by atoms with E-state index in [0.29, 0.717) is 23.2 Å². The maximum Gasteiger partial charge on any atom is 0.252 e. The van der Waals surface area contributed by atoms with Crippen molar-refractivity contribution in [1.29, 1.82) is 0 Å². The first kappa shape index (κ1) is 16.2. The van der Waals surface area contributed by atoms with Gasteiger partial charge in [0.05, 0.1) is 5.75 Å². The minimum Gasteiger partial charge on any atom is -0.351 e. The third-order valence-electron chi connectivity index (χ3n) is 3.30. The van der Waals surface area contributed by atoms with Crippen LogP contribution in [-0.2, 0) is 11.3 Å². The fourth-order valence-corrected chi connectivity index (χ4v) is 2.97. The number of rotatable bonds is 5. The molecule has 0 aliphatic carbocycles. The van der Waals surface area contributed by atoms with Crippen LogP contribution in [0.4, 0.5) is 4.39 Å². The minimum atomic E-state index is -0.312. The first-order chi connectivity index (χ1) is 11.5. The highest BCUT2D eigenvalue weighted by Gasteiger charge is 2.11. The number of benzene rings is 1. The molecule has 0 atom stereocenters. The second-order valence-electron chi connectivity index (χ2n) is 5.11. The van der Waals surface area contributed by atoms with E-state index in [1.54, 1.807) is 23.5 Å². The van der Waals surface area contributed by atoms with Crippen LogP contribution < -0.4 is 10.9 Å². The van der Waals surface area contributed by atoms with Crippen molar-refractivity contribution in [3.8, 4) is 0 Å². The Bertz CT molecular complexity index is 935. The van der Waals surface area contributed by atoms with Crippen LogP contribution in [0.1, 0.15) is 11.3 Å². The Kier molecular flexibility index (Phi) is 4.61. The number of nitrogens with zero attached hydrogens (tertiary/aromatic N) is 3. The van der Waals surface area contributed by atoms with E-state index in [1.807, 2.05) is 0 Å². The molecule has 0 spiro atoms. The molecule has 124 valence electrons. The van der Waals surface area contributed by atoms with E-state index >= 15 is 0 Å². The van der Waals surface area contributed by atoms with Crippen molar-refractivity contribution in [3.63, 3.8) is 0 Å². The Labute approximate surface area is 140 Å². The van der Waals surface area contributed by atoms with E-state index in [9.17, 15) is 14.0 Å². The zero-order chi connectivity index (χ0) is 17.1. The van der Waals surface area contributed by atoms with Gasteiger partial charge in [0.1, 0.15) is 5.82 Å². The average molecular weight is 347 g/mol. The maximum absolute atomic E-state index is 12.8. The summed E-state index contributed by atoms with van der Waals surface area (Å²) in [6, 6.07) is 7.38. The molecule has 3 rings (SSSR count). The number of aromatic nitrogens is 4. The second kappa shape index (κ2) is 6.83. The standard InChI is InChI=1S/C15H14FN5O2S/c1-9-6-12(22)18-14-19-20-15(21(9)14)24-8-13(23)17-7-10-2-4-11(16)5-3-10/h2-6H,7-8H2,1H3,(H,17,23)(H,18,19,22). The van der Waals surface area contributed by atoms with Gasteiger partial charge in [0.15, 0.2) is 5.16 Å². The Hall–Kier alpha value is -2.68. The largest absolute Gasteiger partial charge is 0.351 e. The fourth-order valence-electron chi connectivity index (χ4n) is 2.15. The molecule has 1 amide bonds. The summed E-state index contributed by atoms with van der Waals surface area (Å²) in [5, 5.41) is 11.1. The van der Waals surface area contributed by atoms with Crippen molar-refractivity contribution >= 4 is 23.4 Å². The van der Waals surface area contributed by atoms with Crippen molar-refractivity contribution < 1.29 is 9.18 Å². The molecule has 0 saturated carbocycles. The molecule has 0 fully saturated rings. The Morgan fingerprint density at radius 3 is 2.83 bits per heavy atom. The third kappa shape index (κ3) is 3.62. The quantitative estimate of drug-likeness (QED) is 0.678. The fraction of sp³-hybridized carbons (Fsp3) is 0.200. The van der Waals surface area contributed by atoms with E-state index in [2.05, 4.69) is 20.5 Å². The lowest BCUT2D eigenvalue weighted by Crippen LogP contribution is -2.24. The van der Waals surface area contributed by atoms with E-state index in [4.69, 9.17) is 0 Å². The summed E-state index contributed by atoms with van der Waals surface area (Å²) in [4.78, 5) is 25.9. The average Bonchev–Trinajstić information content (AvgIpc) is 2.95. The van der Waals surface area contributed by atoms with Gasteiger partial charge in [0.25, 0.3) is 5.56 Å². The van der Waals surface area contributed by atoms with Gasteiger partial charge in [-0.15, -0.1) is 10.2 Å². The van der Waals surface area contributed by atoms with Crippen molar-refractivity contribution in [2.24, 2.45) is 0 Å². The predicted octanol–water partition coefficient (Wildman–Crippen LogP) is 1.27. The van der Waals surface area contributed by atoms with Crippen LogP contribution in [0, 0.1) is 12.7 Å². The Morgan fingerprint density at radius 1 is 1.33 bits per heavy atom. The number of amides is 1. The van der Waals surface area contributed by atoms with Crippen molar-refractivity contribution in [3.05, 3.63) is 57.8 Å². The molecule has 3 aromatic rings. The van der Waals surface area contributed by atoms with Gasteiger partial charge in [0, 0.05) is 18.3 Å². The number of fused-ring (bicyclic) bond motifs is 1. The number of carbonyl (C=O) groups excluding carboxylic acids is 1. The summed E-state index contributed by atoms with van der Waals surface area (Å²) < 4.78 is 14.5. The number of halogens is 1. The monoisotopic (exact) mass is 347 g/mol. The molecule has 0 radical (unpaired) electrons.